The molecular formula is C22H32FN3O2Si. The quantitative estimate of drug-likeness (QED) is 0.584. The van der Waals surface area contributed by atoms with Gasteiger partial charge in [0.15, 0.2) is 14.1 Å². The molecule has 1 aromatic carbocycles. The number of carbonyl (C=O) groups is 1. The fourth-order valence-corrected chi connectivity index (χ4v) is 3.86. The van der Waals surface area contributed by atoms with Gasteiger partial charge in [-0.15, -0.1) is 0 Å². The minimum absolute atomic E-state index is 0.0998. The SMILES string of the molecule is CCN(C(=O)c1ccc(F)cc1-c1ncccn1)[C@@H](C)CO[Si](C)(C)C(C)(C)C. The van der Waals surface area contributed by atoms with Crippen molar-refractivity contribution >= 4 is 14.2 Å². The van der Waals surface area contributed by atoms with Gasteiger partial charge in [0.05, 0.1) is 18.2 Å². The van der Waals surface area contributed by atoms with Crippen LogP contribution >= 0.6 is 0 Å². The van der Waals surface area contributed by atoms with Crippen LogP contribution in [-0.2, 0) is 4.43 Å². The molecule has 2 rings (SSSR count). The zero-order valence-corrected chi connectivity index (χ0v) is 19.5. The van der Waals surface area contributed by atoms with Gasteiger partial charge in [0.1, 0.15) is 5.82 Å². The van der Waals surface area contributed by atoms with E-state index in [-0.39, 0.29) is 17.0 Å². The van der Waals surface area contributed by atoms with Gasteiger partial charge >= 0.3 is 0 Å². The molecule has 29 heavy (non-hydrogen) atoms. The number of amides is 1. The third-order valence-electron chi connectivity index (χ3n) is 5.64. The van der Waals surface area contributed by atoms with Crippen molar-refractivity contribution in [2.75, 3.05) is 13.2 Å². The van der Waals surface area contributed by atoms with Crippen LogP contribution in [0.5, 0.6) is 0 Å². The van der Waals surface area contributed by atoms with Gasteiger partial charge in [-0.1, -0.05) is 20.8 Å². The summed E-state index contributed by atoms with van der Waals surface area (Å²) < 4.78 is 20.2. The van der Waals surface area contributed by atoms with Gasteiger partial charge in [0, 0.05) is 24.5 Å². The molecular weight excluding hydrogens is 385 g/mol. The van der Waals surface area contributed by atoms with E-state index in [0.717, 1.165) is 0 Å². The number of hydrogen-bond acceptors (Lipinski definition) is 4. The van der Waals surface area contributed by atoms with Crippen molar-refractivity contribution in [3.8, 4) is 11.4 Å². The summed E-state index contributed by atoms with van der Waals surface area (Å²) in [4.78, 5) is 23.5. The summed E-state index contributed by atoms with van der Waals surface area (Å²) in [5.74, 6) is -0.278. The first-order valence-corrected chi connectivity index (χ1v) is 12.9. The van der Waals surface area contributed by atoms with Crippen LogP contribution in [0.3, 0.4) is 0 Å². The predicted octanol–water partition coefficient (Wildman–Crippen LogP) is 5.16. The van der Waals surface area contributed by atoms with Gasteiger partial charge in [0.2, 0.25) is 0 Å². The van der Waals surface area contributed by atoms with E-state index in [1.54, 1.807) is 23.4 Å². The number of nitrogens with zero attached hydrogens (tertiary/aromatic N) is 3. The minimum Gasteiger partial charge on any atom is -0.415 e. The largest absolute Gasteiger partial charge is 0.415 e. The molecule has 0 aliphatic rings. The number of aromatic nitrogens is 2. The van der Waals surface area contributed by atoms with Crippen LogP contribution in [0.4, 0.5) is 4.39 Å². The van der Waals surface area contributed by atoms with Crippen LogP contribution in [0.1, 0.15) is 45.0 Å². The Morgan fingerprint density at radius 3 is 2.41 bits per heavy atom. The van der Waals surface area contributed by atoms with E-state index in [1.165, 1.54) is 18.2 Å². The number of benzene rings is 1. The Hall–Kier alpha value is -2.12. The first-order chi connectivity index (χ1) is 13.5. The molecule has 0 aliphatic heterocycles. The van der Waals surface area contributed by atoms with Crippen LogP contribution in [-0.4, -0.2) is 48.3 Å². The van der Waals surface area contributed by atoms with Crippen LogP contribution in [0, 0.1) is 5.82 Å². The molecule has 1 amide bonds. The van der Waals surface area contributed by atoms with Gasteiger partial charge in [-0.2, -0.15) is 0 Å². The second-order valence-electron chi connectivity index (χ2n) is 8.77. The van der Waals surface area contributed by atoms with Crippen molar-refractivity contribution in [1.29, 1.82) is 0 Å². The van der Waals surface area contributed by atoms with Crippen molar-refractivity contribution in [3.05, 3.63) is 48.0 Å². The molecule has 1 aromatic heterocycles. The zero-order valence-electron chi connectivity index (χ0n) is 18.5. The molecule has 0 spiro atoms. The zero-order chi connectivity index (χ0) is 21.8. The fraction of sp³-hybridized carbons (Fsp3) is 0.500. The second kappa shape index (κ2) is 9.13. The van der Waals surface area contributed by atoms with E-state index in [1.807, 2.05) is 13.8 Å². The van der Waals surface area contributed by atoms with Crippen molar-refractivity contribution in [1.82, 2.24) is 14.9 Å². The molecule has 158 valence electrons. The van der Waals surface area contributed by atoms with E-state index in [9.17, 15) is 9.18 Å². The Bertz CT molecular complexity index is 838. The molecule has 0 aliphatic carbocycles. The fourth-order valence-electron chi connectivity index (χ4n) is 2.77. The average molecular weight is 418 g/mol. The summed E-state index contributed by atoms with van der Waals surface area (Å²) in [6, 6.07) is 5.68. The van der Waals surface area contributed by atoms with E-state index in [0.29, 0.717) is 30.1 Å². The van der Waals surface area contributed by atoms with Crippen molar-refractivity contribution in [2.45, 2.75) is 58.8 Å². The lowest BCUT2D eigenvalue weighted by Gasteiger charge is -2.38. The molecule has 0 radical (unpaired) electrons. The lowest BCUT2D eigenvalue weighted by atomic mass is 10.0. The standard InChI is InChI=1S/C22H32FN3O2Si/c1-8-26(16(2)15-28-29(6,7)22(3,4)5)21(27)18-11-10-17(23)14-19(18)20-24-12-9-13-25-20/h9-14,16H,8,15H2,1-7H3/t16-/m0/s1. The monoisotopic (exact) mass is 417 g/mol. The average Bonchev–Trinajstić information content (AvgIpc) is 2.66. The lowest BCUT2D eigenvalue weighted by Crippen LogP contribution is -2.47. The maximum atomic E-state index is 13.9. The Morgan fingerprint density at radius 2 is 1.86 bits per heavy atom. The molecule has 0 fully saturated rings. The highest BCUT2D eigenvalue weighted by atomic mass is 28.4. The molecule has 0 unspecified atom stereocenters. The molecule has 0 saturated carbocycles. The first kappa shape index (κ1) is 23.2. The molecule has 0 N–H and O–H groups in total. The summed E-state index contributed by atoms with van der Waals surface area (Å²) >= 11 is 0. The first-order valence-electron chi connectivity index (χ1n) is 9.99. The number of rotatable bonds is 7. The van der Waals surface area contributed by atoms with E-state index in [4.69, 9.17) is 4.43 Å². The topological polar surface area (TPSA) is 55.3 Å². The molecule has 1 atom stereocenters. The summed E-state index contributed by atoms with van der Waals surface area (Å²) in [5.41, 5.74) is 0.783. The molecule has 0 saturated heterocycles. The summed E-state index contributed by atoms with van der Waals surface area (Å²) in [7, 11) is -1.92. The molecule has 1 heterocycles. The summed E-state index contributed by atoms with van der Waals surface area (Å²) in [6.45, 7) is 15.9. The van der Waals surface area contributed by atoms with Gasteiger partial charge in [-0.05, 0) is 56.2 Å². The molecule has 0 bridgehead atoms. The number of carbonyl (C=O) groups excluding carboxylic acids is 1. The second-order valence-corrected chi connectivity index (χ2v) is 13.6. The highest BCUT2D eigenvalue weighted by Crippen LogP contribution is 2.36. The van der Waals surface area contributed by atoms with Gasteiger partial charge in [-0.25, -0.2) is 14.4 Å². The maximum absolute atomic E-state index is 13.9. The Balaban J connectivity index is 2.28. The maximum Gasteiger partial charge on any atom is 0.254 e. The van der Waals surface area contributed by atoms with Gasteiger partial charge in [0.25, 0.3) is 5.91 Å². The van der Waals surface area contributed by atoms with Crippen molar-refractivity contribution in [3.63, 3.8) is 0 Å². The van der Waals surface area contributed by atoms with Gasteiger partial charge < -0.3 is 9.33 Å². The Labute approximate surface area is 174 Å². The normalized spacial score (nSPS) is 13.2. The van der Waals surface area contributed by atoms with Gasteiger partial charge in [-0.3, -0.25) is 4.79 Å². The van der Waals surface area contributed by atoms with Crippen LogP contribution < -0.4 is 0 Å². The third kappa shape index (κ3) is 5.48. The number of halogens is 1. The molecule has 5 nitrogen and oxygen atoms in total. The number of hydrogen-bond donors (Lipinski definition) is 0. The van der Waals surface area contributed by atoms with Crippen LogP contribution in [0.15, 0.2) is 36.7 Å². The summed E-state index contributed by atoms with van der Waals surface area (Å²) in [6.07, 6.45) is 3.16. The van der Waals surface area contributed by atoms with E-state index >= 15 is 0 Å². The lowest BCUT2D eigenvalue weighted by molar-refractivity contribution is 0.0641. The molecule has 7 heteroatoms. The third-order valence-corrected chi connectivity index (χ3v) is 10.1. The van der Waals surface area contributed by atoms with Crippen molar-refractivity contribution < 1.29 is 13.6 Å². The minimum atomic E-state index is -1.92. The smallest absolute Gasteiger partial charge is 0.254 e. The molecule has 2 aromatic rings. The Morgan fingerprint density at radius 1 is 1.24 bits per heavy atom. The van der Waals surface area contributed by atoms with Crippen LogP contribution in [0.25, 0.3) is 11.4 Å². The van der Waals surface area contributed by atoms with Crippen LogP contribution in [0.2, 0.25) is 18.1 Å². The predicted molar refractivity (Wildman–Crippen MR) is 117 cm³/mol. The Kier molecular flexibility index (Phi) is 7.29. The number of likely N-dealkylation sites (N-methyl/N-ethyl adjacent to an activating group) is 1. The highest BCUT2D eigenvalue weighted by molar-refractivity contribution is 6.74. The van der Waals surface area contributed by atoms with E-state index < -0.39 is 14.1 Å². The van der Waals surface area contributed by atoms with E-state index in [2.05, 4.69) is 43.8 Å². The highest BCUT2D eigenvalue weighted by Gasteiger charge is 2.38. The van der Waals surface area contributed by atoms with Crippen molar-refractivity contribution in [2.24, 2.45) is 0 Å². The summed E-state index contributed by atoms with van der Waals surface area (Å²) in [5, 5.41) is 0.0998.